The van der Waals surface area contributed by atoms with Crippen LogP contribution in [0.1, 0.15) is 32.6 Å². The normalized spacial score (nSPS) is 18.9. The van der Waals surface area contributed by atoms with E-state index in [0.717, 1.165) is 6.42 Å². The molecule has 0 heterocycles. The lowest BCUT2D eigenvalue weighted by Crippen LogP contribution is -2.61. The third kappa shape index (κ3) is 3.59. The third-order valence-corrected chi connectivity index (χ3v) is 3.10. The zero-order chi connectivity index (χ0) is 12.9. The van der Waals surface area contributed by atoms with E-state index in [-0.39, 0.29) is 6.04 Å². The zero-order valence-electron chi connectivity index (χ0n) is 10.3. The number of methoxy groups -OCH3 is 1. The number of amides is 2. The van der Waals surface area contributed by atoms with E-state index in [1.54, 1.807) is 7.11 Å². The van der Waals surface area contributed by atoms with Gasteiger partial charge in [0.2, 0.25) is 0 Å². The van der Waals surface area contributed by atoms with Gasteiger partial charge in [0.05, 0.1) is 0 Å². The van der Waals surface area contributed by atoms with Crippen molar-refractivity contribution in [3.8, 4) is 0 Å². The molecular weight excluding hydrogens is 224 g/mol. The van der Waals surface area contributed by atoms with Crippen LogP contribution >= 0.6 is 0 Å². The van der Waals surface area contributed by atoms with Crippen LogP contribution in [0.5, 0.6) is 0 Å². The van der Waals surface area contributed by atoms with Gasteiger partial charge >= 0.3 is 12.0 Å². The molecular formula is C11H20N2O4. The molecule has 1 saturated carbocycles. The lowest BCUT2D eigenvalue weighted by molar-refractivity contribution is -0.148. The van der Waals surface area contributed by atoms with Crippen molar-refractivity contribution in [2.45, 2.75) is 44.2 Å². The van der Waals surface area contributed by atoms with Crippen molar-refractivity contribution in [3.63, 3.8) is 0 Å². The van der Waals surface area contributed by atoms with Gasteiger partial charge in [0.15, 0.2) is 0 Å². The second kappa shape index (κ2) is 5.86. The van der Waals surface area contributed by atoms with Crippen LogP contribution in [-0.2, 0) is 9.53 Å². The minimum Gasteiger partial charge on any atom is -0.480 e. The Bertz CT molecular complexity index is 289. The second-order valence-electron chi connectivity index (χ2n) is 4.52. The molecule has 0 saturated heterocycles. The maximum atomic E-state index is 11.6. The van der Waals surface area contributed by atoms with Gasteiger partial charge in [-0.3, -0.25) is 0 Å². The van der Waals surface area contributed by atoms with Crippen molar-refractivity contribution in [1.82, 2.24) is 10.6 Å². The summed E-state index contributed by atoms with van der Waals surface area (Å²) in [5.41, 5.74) is -1.05. The Morgan fingerprint density at radius 2 is 2.12 bits per heavy atom. The van der Waals surface area contributed by atoms with Gasteiger partial charge < -0.3 is 20.5 Å². The van der Waals surface area contributed by atoms with E-state index in [2.05, 4.69) is 10.6 Å². The predicted octanol–water partition coefficient (Wildman–Crippen LogP) is 0.718. The van der Waals surface area contributed by atoms with Crippen LogP contribution in [0.25, 0.3) is 0 Å². The van der Waals surface area contributed by atoms with Gasteiger partial charge in [0.1, 0.15) is 5.54 Å². The number of carbonyl (C=O) groups is 2. The molecule has 0 spiro atoms. The molecule has 6 nitrogen and oxygen atoms in total. The van der Waals surface area contributed by atoms with Gasteiger partial charge in [0, 0.05) is 19.8 Å². The number of aliphatic carboxylic acids is 1. The third-order valence-electron chi connectivity index (χ3n) is 3.10. The van der Waals surface area contributed by atoms with E-state index < -0.39 is 17.5 Å². The fourth-order valence-electron chi connectivity index (χ4n) is 1.77. The molecule has 0 aromatic rings. The van der Waals surface area contributed by atoms with Gasteiger partial charge in [-0.05, 0) is 32.6 Å². The SMILES string of the molecule is COCCC(C)NC(=O)NC1(C(=O)O)CCC1. The average Bonchev–Trinajstić information content (AvgIpc) is 2.19. The second-order valence-corrected chi connectivity index (χ2v) is 4.52. The molecule has 0 aliphatic heterocycles. The van der Waals surface area contributed by atoms with Gasteiger partial charge in [-0.25, -0.2) is 9.59 Å². The first-order chi connectivity index (χ1) is 8.00. The van der Waals surface area contributed by atoms with E-state index >= 15 is 0 Å². The molecule has 1 fully saturated rings. The average molecular weight is 244 g/mol. The molecule has 98 valence electrons. The number of rotatable bonds is 6. The summed E-state index contributed by atoms with van der Waals surface area (Å²) in [6, 6.07) is -0.462. The fourth-order valence-corrected chi connectivity index (χ4v) is 1.77. The zero-order valence-corrected chi connectivity index (χ0v) is 10.3. The van der Waals surface area contributed by atoms with Crippen LogP contribution in [0.4, 0.5) is 4.79 Å². The molecule has 1 aliphatic rings. The Kier molecular flexibility index (Phi) is 4.74. The Morgan fingerprint density at radius 3 is 2.53 bits per heavy atom. The first-order valence-corrected chi connectivity index (χ1v) is 5.81. The Hall–Kier alpha value is -1.30. The maximum absolute atomic E-state index is 11.6. The Labute approximate surface area is 101 Å². The molecule has 2 amide bonds. The lowest BCUT2D eigenvalue weighted by Gasteiger charge is -2.38. The molecule has 0 bridgehead atoms. The predicted molar refractivity (Wildman–Crippen MR) is 61.8 cm³/mol. The fraction of sp³-hybridized carbons (Fsp3) is 0.818. The molecule has 0 radical (unpaired) electrons. The van der Waals surface area contributed by atoms with E-state index in [0.29, 0.717) is 25.9 Å². The molecule has 17 heavy (non-hydrogen) atoms. The minimum atomic E-state index is -1.05. The van der Waals surface area contributed by atoms with Crippen molar-refractivity contribution in [1.29, 1.82) is 0 Å². The van der Waals surface area contributed by atoms with Crippen molar-refractivity contribution in [2.24, 2.45) is 0 Å². The van der Waals surface area contributed by atoms with Crippen LogP contribution in [0.3, 0.4) is 0 Å². The summed E-state index contributed by atoms with van der Waals surface area (Å²) >= 11 is 0. The van der Waals surface area contributed by atoms with Crippen LogP contribution in [0.2, 0.25) is 0 Å². The highest BCUT2D eigenvalue weighted by atomic mass is 16.5. The number of hydrogen-bond donors (Lipinski definition) is 3. The minimum absolute atomic E-state index is 0.0409. The summed E-state index contributed by atoms with van der Waals surface area (Å²) in [7, 11) is 1.60. The van der Waals surface area contributed by atoms with Crippen LogP contribution in [0.15, 0.2) is 0 Å². The molecule has 1 atom stereocenters. The maximum Gasteiger partial charge on any atom is 0.329 e. The first-order valence-electron chi connectivity index (χ1n) is 5.81. The van der Waals surface area contributed by atoms with Crippen molar-refractivity contribution in [3.05, 3.63) is 0 Å². The molecule has 0 aromatic heterocycles. The standard InChI is InChI=1S/C11H20N2O4/c1-8(4-7-17-2)12-10(16)13-11(9(14)15)5-3-6-11/h8H,3-7H2,1-2H3,(H,14,15)(H2,12,13,16). The molecule has 0 aromatic carbocycles. The van der Waals surface area contributed by atoms with Crippen LogP contribution in [0, 0.1) is 0 Å². The number of hydrogen-bond acceptors (Lipinski definition) is 3. The van der Waals surface area contributed by atoms with Crippen LogP contribution < -0.4 is 10.6 Å². The monoisotopic (exact) mass is 244 g/mol. The molecule has 3 N–H and O–H groups in total. The van der Waals surface area contributed by atoms with Crippen molar-refractivity contribution >= 4 is 12.0 Å². The van der Waals surface area contributed by atoms with Crippen molar-refractivity contribution in [2.75, 3.05) is 13.7 Å². The summed E-state index contributed by atoms with van der Waals surface area (Å²) in [4.78, 5) is 22.6. The molecule has 6 heteroatoms. The number of carbonyl (C=O) groups excluding carboxylic acids is 1. The first kappa shape index (κ1) is 13.8. The van der Waals surface area contributed by atoms with E-state index in [4.69, 9.17) is 9.84 Å². The van der Waals surface area contributed by atoms with E-state index in [1.807, 2.05) is 6.92 Å². The smallest absolute Gasteiger partial charge is 0.329 e. The summed E-state index contributed by atoms with van der Waals surface area (Å²) < 4.78 is 4.90. The topological polar surface area (TPSA) is 87.7 Å². The summed E-state index contributed by atoms with van der Waals surface area (Å²) in [6.45, 7) is 2.42. The molecule has 1 aliphatic carbocycles. The largest absolute Gasteiger partial charge is 0.480 e. The number of nitrogens with one attached hydrogen (secondary N) is 2. The highest BCUT2D eigenvalue weighted by molar-refractivity contribution is 5.87. The molecule has 1 unspecified atom stereocenters. The van der Waals surface area contributed by atoms with Gasteiger partial charge in [-0.1, -0.05) is 0 Å². The van der Waals surface area contributed by atoms with E-state index in [1.165, 1.54) is 0 Å². The summed E-state index contributed by atoms with van der Waals surface area (Å²) in [6.07, 6.45) is 2.54. The Balaban J connectivity index is 2.36. The van der Waals surface area contributed by atoms with E-state index in [9.17, 15) is 9.59 Å². The highest BCUT2D eigenvalue weighted by Gasteiger charge is 2.45. The number of carboxylic acids is 1. The number of carboxylic acid groups (broad SMARTS) is 1. The van der Waals surface area contributed by atoms with Gasteiger partial charge in [-0.15, -0.1) is 0 Å². The Morgan fingerprint density at radius 1 is 1.47 bits per heavy atom. The lowest BCUT2D eigenvalue weighted by atomic mass is 9.77. The summed E-state index contributed by atoms with van der Waals surface area (Å²) in [5.74, 6) is -0.955. The summed E-state index contributed by atoms with van der Waals surface area (Å²) in [5, 5.41) is 14.3. The van der Waals surface area contributed by atoms with Crippen LogP contribution in [-0.4, -0.2) is 42.4 Å². The van der Waals surface area contributed by atoms with Gasteiger partial charge in [0.25, 0.3) is 0 Å². The number of urea groups is 1. The van der Waals surface area contributed by atoms with Crippen molar-refractivity contribution < 1.29 is 19.4 Å². The highest BCUT2D eigenvalue weighted by Crippen LogP contribution is 2.31. The quantitative estimate of drug-likeness (QED) is 0.642. The molecule has 1 rings (SSSR count). The van der Waals surface area contributed by atoms with Gasteiger partial charge in [-0.2, -0.15) is 0 Å². The number of ether oxygens (including phenoxy) is 1.